The monoisotopic (exact) mass is 316 g/mol. The van der Waals surface area contributed by atoms with Crippen molar-refractivity contribution in [2.24, 2.45) is 0 Å². The highest BCUT2D eigenvalue weighted by molar-refractivity contribution is 9.10. The minimum Gasteiger partial charge on any atom is -0.496 e. The number of nitrogens with zero attached hydrogens (tertiary/aromatic N) is 2. The number of ether oxygens (including phenoxy) is 1. The van der Waals surface area contributed by atoms with Gasteiger partial charge in [-0.2, -0.15) is 17.6 Å². The van der Waals surface area contributed by atoms with Crippen molar-refractivity contribution in [1.82, 2.24) is 9.19 Å². The molecular formula is C10H9BrN2O3S. The molecule has 0 saturated heterocycles. The molecule has 0 radical (unpaired) electrons. The standard InChI is InChI=1S/C10H9BrN2O3S/c1-16-10-7-8(3-4-9(10)11)17(14,15)13-6-2-5-12-13/h2-7H,1H3. The molecule has 2 rings (SSSR count). The Morgan fingerprint density at radius 2 is 2.18 bits per heavy atom. The average molecular weight is 317 g/mol. The SMILES string of the molecule is COc1cc(S(=O)(=O)n2cccn2)ccc1Br. The lowest BCUT2D eigenvalue weighted by atomic mass is 10.3. The molecule has 0 N–H and O–H groups in total. The van der Waals surface area contributed by atoms with Crippen molar-refractivity contribution in [2.45, 2.75) is 4.90 Å². The van der Waals surface area contributed by atoms with E-state index in [1.807, 2.05) is 0 Å². The lowest BCUT2D eigenvalue weighted by molar-refractivity contribution is 0.410. The number of halogens is 1. The molecule has 5 nitrogen and oxygen atoms in total. The van der Waals surface area contributed by atoms with Crippen LogP contribution in [0.2, 0.25) is 0 Å². The fourth-order valence-electron chi connectivity index (χ4n) is 1.31. The smallest absolute Gasteiger partial charge is 0.283 e. The second-order valence-corrected chi connectivity index (χ2v) is 5.83. The molecule has 7 heteroatoms. The molecule has 0 saturated carbocycles. The Bertz CT molecular complexity index is 623. The molecule has 1 aromatic heterocycles. The first-order chi connectivity index (χ1) is 8.05. The van der Waals surface area contributed by atoms with Gasteiger partial charge in [-0.05, 0) is 34.1 Å². The van der Waals surface area contributed by atoms with E-state index in [2.05, 4.69) is 21.0 Å². The van der Waals surface area contributed by atoms with Gasteiger partial charge in [-0.25, -0.2) is 0 Å². The van der Waals surface area contributed by atoms with E-state index in [0.29, 0.717) is 10.2 Å². The maximum atomic E-state index is 12.1. The van der Waals surface area contributed by atoms with Crippen LogP contribution in [0, 0.1) is 0 Å². The third kappa shape index (κ3) is 2.20. The Morgan fingerprint density at radius 3 is 2.76 bits per heavy atom. The Balaban J connectivity index is 2.55. The molecule has 1 aromatic carbocycles. The fraction of sp³-hybridized carbons (Fsp3) is 0.100. The van der Waals surface area contributed by atoms with Crippen molar-refractivity contribution >= 4 is 26.0 Å². The minimum absolute atomic E-state index is 0.126. The van der Waals surface area contributed by atoms with Gasteiger partial charge in [0.05, 0.1) is 22.7 Å². The molecule has 0 atom stereocenters. The van der Waals surface area contributed by atoms with Crippen molar-refractivity contribution in [1.29, 1.82) is 0 Å². The normalized spacial score (nSPS) is 11.4. The van der Waals surface area contributed by atoms with Crippen molar-refractivity contribution in [3.63, 3.8) is 0 Å². The highest BCUT2D eigenvalue weighted by Crippen LogP contribution is 2.28. The highest BCUT2D eigenvalue weighted by Gasteiger charge is 2.18. The third-order valence-corrected chi connectivity index (χ3v) is 4.36. The van der Waals surface area contributed by atoms with Crippen LogP contribution in [0.1, 0.15) is 0 Å². The molecular weight excluding hydrogens is 308 g/mol. The molecule has 2 aromatic rings. The molecule has 0 amide bonds. The maximum absolute atomic E-state index is 12.1. The van der Waals surface area contributed by atoms with Crippen molar-refractivity contribution < 1.29 is 13.2 Å². The van der Waals surface area contributed by atoms with Gasteiger partial charge in [-0.3, -0.25) is 0 Å². The summed E-state index contributed by atoms with van der Waals surface area (Å²) in [5, 5.41) is 3.72. The maximum Gasteiger partial charge on any atom is 0.283 e. The quantitative estimate of drug-likeness (QED) is 0.867. The molecule has 0 fully saturated rings. The summed E-state index contributed by atoms with van der Waals surface area (Å²) in [7, 11) is -2.16. The molecule has 0 aliphatic heterocycles. The average Bonchev–Trinajstić information content (AvgIpc) is 2.83. The zero-order chi connectivity index (χ0) is 12.5. The van der Waals surface area contributed by atoms with Crippen LogP contribution in [0.3, 0.4) is 0 Å². The van der Waals surface area contributed by atoms with Gasteiger partial charge in [-0.15, -0.1) is 0 Å². The second kappa shape index (κ2) is 4.50. The Kier molecular flexibility index (Phi) is 3.21. The van der Waals surface area contributed by atoms with E-state index >= 15 is 0 Å². The van der Waals surface area contributed by atoms with Gasteiger partial charge in [0.25, 0.3) is 10.0 Å². The van der Waals surface area contributed by atoms with Gasteiger partial charge in [0.15, 0.2) is 0 Å². The van der Waals surface area contributed by atoms with Gasteiger partial charge >= 0.3 is 0 Å². The summed E-state index contributed by atoms with van der Waals surface area (Å²) in [6.07, 6.45) is 2.79. The van der Waals surface area contributed by atoms with E-state index in [1.165, 1.54) is 31.6 Å². The van der Waals surface area contributed by atoms with Crippen LogP contribution in [-0.2, 0) is 10.0 Å². The van der Waals surface area contributed by atoms with Crippen LogP contribution in [0.25, 0.3) is 0 Å². The number of hydrogen-bond donors (Lipinski definition) is 0. The van der Waals surface area contributed by atoms with Crippen LogP contribution in [0.15, 0.2) is 46.0 Å². The molecule has 90 valence electrons. The predicted octanol–water partition coefficient (Wildman–Crippen LogP) is 1.89. The lowest BCUT2D eigenvalue weighted by Gasteiger charge is -2.07. The topological polar surface area (TPSA) is 61.2 Å². The first kappa shape index (κ1) is 12.1. The van der Waals surface area contributed by atoms with E-state index in [0.717, 1.165) is 4.09 Å². The number of benzene rings is 1. The van der Waals surface area contributed by atoms with Gasteiger partial charge in [0.2, 0.25) is 0 Å². The zero-order valence-corrected chi connectivity index (χ0v) is 11.3. The molecule has 0 aliphatic carbocycles. The van der Waals surface area contributed by atoms with Crippen LogP contribution in [0.5, 0.6) is 5.75 Å². The number of hydrogen-bond acceptors (Lipinski definition) is 4. The third-order valence-electron chi connectivity index (χ3n) is 2.15. The van der Waals surface area contributed by atoms with Crippen LogP contribution in [0.4, 0.5) is 0 Å². The fourth-order valence-corrected chi connectivity index (χ4v) is 2.84. The van der Waals surface area contributed by atoms with Crippen molar-refractivity contribution in [3.8, 4) is 5.75 Å². The molecule has 0 bridgehead atoms. The number of aromatic nitrogens is 2. The molecule has 1 heterocycles. The highest BCUT2D eigenvalue weighted by atomic mass is 79.9. The summed E-state index contributed by atoms with van der Waals surface area (Å²) >= 11 is 3.26. The van der Waals surface area contributed by atoms with E-state index in [9.17, 15) is 8.42 Å². The van der Waals surface area contributed by atoms with E-state index < -0.39 is 10.0 Å². The van der Waals surface area contributed by atoms with Gasteiger partial charge in [-0.1, -0.05) is 0 Å². The summed E-state index contributed by atoms with van der Waals surface area (Å²) in [5.41, 5.74) is 0. The summed E-state index contributed by atoms with van der Waals surface area (Å²) in [4.78, 5) is 0.126. The van der Waals surface area contributed by atoms with Gasteiger partial charge in [0, 0.05) is 12.3 Å². The Morgan fingerprint density at radius 1 is 1.41 bits per heavy atom. The van der Waals surface area contributed by atoms with Crippen molar-refractivity contribution in [2.75, 3.05) is 7.11 Å². The second-order valence-electron chi connectivity index (χ2n) is 3.18. The lowest BCUT2D eigenvalue weighted by Crippen LogP contribution is -2.13. The van der Waals surface area contributed by atoms with Gasteiger partial charge < -0.3 is 4.74 Å². The van der Waals surface area contributed by atoms with E-state index in [4.69, 9.17) is 4.74 Å². The van der Waals surface area contributed by atoms with E-state index in [1.54, 1.807) is 12.1 Å². The van der Waals surface area contributed by atoms with E-state index in [-0.39, 0.29) is 4.90 Å². The Hall–Kier alpha value is -1.34. The largest absolute Gasteiger partial charge is 0.496 e. The minimum atomic E-state index is -3.64. The molecule has 17 heavy (non-hydrogen) atoms. The van der Waals surface area contributed by atoms with Crippen molar-refractivity contribution in [3.05, 3.63) is 41.1 Å². The molecule has 0 unspecified atom stereocenters. The molecule has 0 aliphatic rings. The number of methoxy groups -OCH3 is 1. The molecule has 0 spiro atoms. The van der Waals surface area contributed by atoms with Gasteiger partial charge in [0.1, 0.15) is 5.75 Å². The summed E-state index contributed by atoms with van der Waals surface area (Å²) in [5.74, 6) is 0.457. The Labute approximate surface area is 107 Å². The van der Waals surface area contributed by atoms with Crippen LogP contribution < -0.4 is 4.74 Å². The summed E-state index contributed by atoms with van der Waals surface area (Å²) < 4.78 is 30.9. The first-order valence-corrected chi connectivity index (χ1v) is 6.88. The summed E-state index contributed by atoms with van der Waals surface area (Å²) in [6, 6.07) is 6.10. The van der Waals surface area contributed by atoms with Crippen LogP contribution >= 0.6 is 15.9 Å². The first-order valence-electron chi connectivity index (χ1n) is 4.64. The number of rotatable bonds is 3. The zero-order valence-electron chi connectivity index (χ0n) is 8.87. The van der Waals surface area contributed by atoms with Crippen LogP contribution in [-0.4, -0.2) is 24.7 Å². The summed E-state index contributed by atoms with van der Waals surface area (Å²) in [6.45, 7) is 0. The predicted molar refractivity (Wildman–Crippen MR) is 65.5 cm³/mol.